The Kier molecular flexibility index (Phi) is 43.4. The first-order valence-corrected chi connectivity index (χ1v) is 28.0. The van der Waals surface area contributed by atoms with Crippen LogP contribution >= 0.6 is 7.82 Å². The van der Waals surface area contributed by atoms with Crippen LogP contribution in [0.3, 0.4) is 0 Å². The Morgan fingerprint density at radius 2 is 1.02 bits per heavy atom. The largest absolute Gasteiger partial charge is 0.472 e. The molecular weight excluding hydrogens is 820 g/mol. The van der Waals surface area contributed by atoms with E-state index < -0.39 is 20.0 Å². The number of hydrogen-bond donors (Lipinski definition) is 2. The number of phosphoric acid groups is 1. The summed E-state index contributed by atoms with van der Waals surface area (Å²) in [5.41, 5.74) is 0. The van der Waals surface area contributed by atoms with E-state index in [9.17, 15) is 19.0 Å². The van der Waals surface area contributed by atoms with Gasteiger partial charge in [0.15, 0.2) is 0 Å². The van der Waals surface area contributed by atoms with Crippen LogP contribution in [0.1, 0.15) is 233 Å². The molecule has 3 atom stereocenters. The lowest BCUT2D eigenvalue weighted by molar-refractivity contribution is -0.870. The smallest absolute Gasteiger partial charge is 0.456 e. The van der Waals surface area contributed by atoms with Gasteiger partial charge in [-0.05, 0) is 76.7 Å². The van der Waals surface area contributed by atoms with Gasteiger partial charge in [-0.3, -0.25) is 18.6 Å². The number of nitrogens with zero attached hydrogens (tertiary/aromatic N) is 1. The average molecular weight is 922 g/mol. The van der Waals surface area contributed by atoms with Crippen molar-refractivity contribution in [1.82, 2.24) is 5.32 Å². The third-order valence-corrected chi connectivity index (χ3v) is 12.5. The van der Waals surface area contributed by atoms with Gasteiger partial charge in [0, 0.05) is 12.8 Å². The van der Waals surface area contributed by atoms with Gasteiger partial charge in [-0.1, -0.05) is 192 Å². The summed E-state index contributed by atoms with van der Waals surface area (Å²) in [6, 6.07) is -0.852. The first-order valence-electron chi connectivity index (χ1n) is 26.5. The zero-order valence-electron chi connectivity index (χ0n) is 42.5. The van der Waals surface area contributed by atoms with Crippen molar-refractivity contribution >= 4 is 19.7 Å². The van der Waals surface area contributed by atoms with Gasteiger partial charge in [0.25, 0.3) is 0 Å². The second-order valence-corrected chi connectivity index (χ2v) is 20.5. The maximum Gasteiger partial charge on any atom is 0.472 e. The van der Waals surface area contributed by atoms with Crippen LogP contribution in [-0.4, -0.2) is 74.3 Å². The summed E-state index contributed by atoms with van der Waals surface area (Å²) >= 11 is 0. The molecule has 0 radical (unpaired) electrons. The Morgan fingerprint density at radius 1 is 0.562 bits per heavy atom. The quantitative estimate of drug-likeness (QED) is 0.0206. The number of nitrogens with one attached hydrogen (secondary N) is 1. The van der Waals surface area contributed by atoms with Gasteiger partial charge < -0.3 is 19.4 Å². The molecule has 0 aliphatic heterocycles. The summed E-state index contributed by atoms with van der Waals surface area (Å²) in [5.74, 6) is -0.526. The maximum atomic E-state index is 13.4. The van der Waals surface area contributed by atoms with E-state index in [1.807, 2.05) is 33.3 Å². The zero-order valence-corrected chi connectivity index (χ0v) is 43.4. The summed E-state index contributed by atoms with van der Waals surface area (Å²) in [4.78, 5) is 37.4. The molecule has 2 N–H and O–H groups in total. The van der Waals surface area contributed by atoms with Crippen LogP contribution in [-0.2, 0) is 27.9 Å². The maximum absolute atomic E-state index is 13.4. The molecule has 0 heterocycles. The molecular formula is C54H102N2O7P+. The van der Waals surface area contributed by atoms with Crippen LogP contribution in [0.4, 0.5) is 0 Å². The van der Waals surface area contributed by atoms with Crippen LogP contribution in [0.25, 0.3) is 0 Å². The van der Waals surface area contributed by atoms with Crippen molar-refractivity contribution in [1.29, 1.82) is 0 Å². The highest BCUT2D eigenvalue weighted by Gasteiger charge is 2.30. The molecule has 3 unspecified atom stereocenters. The lowest BCUT2D eigenvalue weighted by Gasteiger charge is -2.27. The van der Waals surface area contributed by atoms with Gasteiger partial charge in [0.1, 0.15) is 19.3 Å². The molecule has 0 aromatic heterocycles. The van der Waals surface area contributed by atoms with E-state index in [0.29, 0.717) is 17.4 Å². The Bertz CT molecular complexity index is 1240. The Morgan fingerprint density at radius 3 is 1.55 bits per heavy atom. The minimum atomic E-state index is -4.44. The van der Waals surface area contributed by atoms with Gasteiger partial charge in [-0.2, -0.15) is 0 Å². The molecule has 0 aromatic rings. The van der Waals surface area contributed by atoms with Crippen molar-refractivity contribution in [3.8, 4) is 0 Å². The number of amides is 1. The van der Waals surface area contributed by atoms with Gasteiger partial charge in [-0.25, -0.2) is 4.57 Å². The molecule has 0 aromatic carbocycles. The van der Waals surface area contributed by atoms with Crippen molar-refractivity contribution in [3.05, 3.63) is 48.6 Å². The molecule has 0 saturated heterocycles. The summed E-state index contributed by atoms with van der Waals surface area (Å²) in [6.07, 6.45) is 52.4. The first-order chi connectivity index (χ1) is 30.9. The number of quaternary nitrogens is 1. The standard InChI is InChI=1S/C54H101N2O7P/c1-7-10-13-16-19-22-25-27-29-32-35-38-41-44-47-54(58)63-52(45-42-39-36-33-31-28-26-23-20-17-14-11-8-2)51(50-62-64(59,60)61-49-48-56(4,5)6)55-53(57)46-43-40-37-34-30-24-21-18-15-12-9-3/h10,13,18-19,21-22,42,45,51-52H,7-9,11-12,14-17,20,23-41,43-44,46-50H2,1-6H3,(H-,55,57,59,60)/p+1/b13-10+,21-18-,22-19+,45-42+. The van der Waals surface area contributed by atoms with E-state index in [2.05, 4.69) is 62.5 Å². The fourth-order valence-electron chi connectivity index (χ4n) is 7.37. The van der Waals surface area contributed by atoms with E-state index in [4.69, 9.17) is 13.8 Å². The molecule has 1 amide bonds. The highest BCUT2D eigenvalue weighted by Crippen LogP contribution is 2.43. The minimum Gasteiger partial charge on any atom is -0.456 e. The molecule has 0 saturated carbocycles. The van der Waals surface area contributed by atoms with E-state index >= 15 is 0 Å². The Balaban J connectivity index is 5.45. The van der Waals surface area contributed by atoms with Crippen LogP contribution < -0.4 is 5.32 Å². The summed E-state index contributed by atoms with van der Waals surface area (Å²) in [5, 5.41) is 3.03. The number of hydrogen-bond acceptors (Lipinski definition) is 6. The molecule has 9 nitrogen and oxygen atoms in total. The van der Waals surface area contributed by atoms with Crippen LogP contribution in [0.2, 0.25) is 0 Å². The first kappa shape index (κ1) is 62.0. The molecule has 0 bridgehead atoms. The molecule has 64 heavy (non-hydrogen) atoms. The number of ether oxygens (including phenoxy) is 1. The van der Waals surface area contributed by atoms with Crippen molar-refractivity contribution in [2.24, 2.45) is 0 Å². The SMILES string of the molecule is CC/C=C/C/C=C/CCCCCCCCCC(=O)OC(/C=C/CCCCCCCCCCCCC)C(COP(=O)(O)OCC[N+](C)(C)C)NC(=O)CCCCCCC/C=C\CCCC. The number of rotatable bonds is 47. The number of esters is 1. The zero-order chi connectivity index (χ0) is 47.3. The van der Waals surface area contributed by atoms with Crippen LogP contribution in [0.5, 0.6) is 0 Å². The Labute approximate surface area is 395 Å². The molecule has 0 fully saturated rings. The average Bonchev–Trinajstić information content (AvgIpc) is 3.25. The fraction of sp³-hybridized carbons (Fsp3) is 0.815. The lowest BCUT2D eigenvalue weighted by Crippen LogP contribution is -2.47. The summed E-state index contributed by atoms with van der Waals surface area (Å²) in [7, 11) is 1.48. The highest BCUT2D eigenvalue weighted by atomic mass is 31.2. The van der Waals surface area contributed by atoms with Gasteiger partial charge in [0.05, 0.1) is 33.8 Å². The fourth-order valence-corrected chi connectivity index (χ4v) is 8.10. The predicted molar refractivity (Wildman–Crippen MR) is 272 cm³/mol. The van der Waals surface area contributed by atoms with Crippen molar-refractivity contribution in [2.75, 3.05) is 40.9 Å². The van der Waals surface area contributed by atoms with Gasteiger partial charge >= 0.3 is 13.8 Å². The molecule has 0 aliphatic rings. The number of carbonyl (C=O) groups is 2. The van der Waals surface area contributed by atoms with Crippen LogP contribution in [0, 0.1) is 0 Å². The normalized spacial score (nSPS) is 14.3. The highest BCUT2D eigenvalue weighted by molar-refractivity contribution is 7.47. The summed E-state index contributed by atoms with van der Waals surface area (Å²) < 4.78 is 30.5. The van der Waals surface area contributed by atoms with Crippen molar-refractivity contribution < 1.29 is 37.3 Å². The second kappa shape index (κ2) is 44.8. The topological polar surface area (TPSA) is 111 Å². The number of unbranched alkanes of at least 4 members (excludes halogenated alkanes) is 25. The third kappa shape index (κ3) is 45.1. The summed E-state index contributed by atoms with van der Waals surface area (Å²) in [6.45, 7) is 6.85. The molecule has 0 spiro atoms. The number of likely N-dealkylation sites (N-methyl/N-ethyl adjacent to an activating group) is 1. The van der Waals surface area contributed by atoms with Crippen molar-refractivity contribution in [2.45, 2.75) is 245 Å². The molecule has 0 rings (SSSR count). The monoisotopic (exact) mass is 922 g/mol. The second-order valence-electron chi connectivity index (χ2n) is 19.0. The number of phosphoric ester groups is 1. The molecule has 0 aliphatic carbocycles. The van der Waals surface area contributed by atoms with E-state index in [0.717, 1.165) is 109 Å². The van der Waals surface area contributed by atoms with E-state index in [1.165, 1.54) is 89.9 Å². The van der Waals surface area contributed by atoms with Gasteiger partial charge in [0.2, 0.25) is 5.91 Å². The third-order valence-electron chi connectivity index (χ3n) is 11.5. The van der Waals surface area contributed by atoms with Crippen LogP contribution in [0.15, 0.2) is 48.6 Å². The van der Waals surface area contributed by atoms with Crippen molar-refractivity contribution in [3.63, 3.8) is 0 Å². The lowest BCUT2D eigenvalue weighted by atomic mass is 10.0. The van der Waals surface area contributed by atoms with E-state index in [-0.39, 0.29) is 31.5 Å². The minimum absolute atomic E-state index is 0.0370. The van der Waals surface area contributed by atoms with E-state index in [1.54, 1.807) is 0 Å². The molecule has 10 heteroatoms. The van der Waals surface area contributed by atoms with Gasteiger partial charge in [-0.15, -0.1) is 0 Å². The predicted octanol–water partition coefficient (Wildman–Crippen LogP) is 15.4. The number of carbonyl (C=O) groups excluding carboxylic acids is 2. The Hall–Kier alpha value is -2.03. The number of allylic oxidation sites excluding steroid dienone is 7. The molecule has 374 valence electrons.